The zero-order chi connectivity index (χ0) is 11.4. The lowest BCUT2D eigenvalue weighted by Gasteiger charge is -2.17. The predicted molar refractivity (Wildman–Crippen MR) is 58.8 cm³/mol. The van der Waals surface area contributed by atoms with E-state index in [0.29, 0.717) is 11.8 Å². The van der Waals surface area contributed by atoms with Gasteiger partial charge in [-0.05, 0) is 18.3 Å². The van der Waals surface area contributed by atoms with Crippen molar-refractivity contribution in [2.45, 2.75) is 20.3 Å². The van der Waals surface area contributed by atoms with Crippen LogP contribution in [0, 0.1) is 11.8 Å². The molecule has 0 aromatic heterocycles. The molecule has 0 aromatic rings. The number of nitrogens with one attached hydrogen (secondary N) is 1. The van der Waals surface area contributed by atoms with Gasteiger partial charge in [0.1, 0.15) is 5.88 Å². The summed E-state index contributed by atoms with van der Waals surface area (Å²) in [5.74, 6) is 0.510. The van der Waals surface area contributed by atoms with Gasteiger partial charge in [-0.1, -0.05) is 13.8 Å². The van der Waals surface area contributed by atoms with Gasteiger partial charge < -0.3 is 4.90 Å². The maximum Gasteiger partial charge on any atom is 0.324 e. The molecule has 1 heterocycles. The Kier molecular flexibility index (Phi) is 4.39. The Morgan fingerprint density at radius 1 is 1.53 bits per heavy atom. The van der Waals surface area contributed by atoms with Gasteiger partial charge in [0, 0.05) is 13.1 Å². The molecule has 1 fully saturated rings. The van der Waals surface area contributed by atoms with Crippen molar-refractivity contribution in [3.63, 3.8) is 0 Å². The first-order valence-corrected chi connectivity index (χ1v) is 5.72. The molecule has 1 aliphatic heterocycles. The monoisotopic (exact) mass is 232 g/mol. The number of urea groups is 1. The number of likely N-dealkylation sites (tertiary alicyclic amines) is 1. The second kappa shape index (κ2) is 5.35. The number of amides is 3. The largest absolute Gasteiger partial charge is 0.324 e. The Hall–Kier alpha value is -0.770. The van der Waals surface area contributed by atoms with Crippen LogP contribution >= 0.6 is 11.6 Å². The van der Waals surface area contributed by atoms with Crippen molar-refractivity contribution in [2.75, 3.05) is 19.0 Å². The van der Waals surface area contributed by atoms with Gasteiger partial charge in [-0.3, -0.25) is 10.1 Å². The molecule has 86 valence electrons. The molecule has 1 atom stereocenters. The predicted octanol–water partition coefficient (Wildman–Crippen LogP) is 1.44. The molecule has 1 rings (SSSR count). The van der Waals surface area contributed by atoms with Crippen molar-refractivity contribution in [2.24, 2.45) is 11.8 Å². The van der Waals surface area contributed by atoms with E-state index in [1.165, 1.54) is 0 Å². The molecule has 1 unspecified atom stereocenters. The zero-order valence-electron chi connectivity index (χ0n) is 9.12. The van der Waals surface area contributed by atoms with E-state index in [1.54, 1.807) is 4.90 Å². The number of carbonyl (C=O) groups is 2. The average Bonchev–Trinajstić information content (AvgIpc) is 2.66. The first-order chi connectivity index (χ1) is 7.04. The molecule has 0 radical (unpaired) electrons. The molecule has 5 heteroatoms. The molecule has 1 N–H and O–H groups in total. The average molecular weight is 233 g/mol. The third-order valence-corrected chi connectivity index (χ3v) is 3.07. The quantitative estimate of drug-likeness (QED) is 0.733. The second-order valence-corrected chi connectivity index (χ2v) is 4.49. The van der Waals surface area contributed by atoms with Crippen LogP contribution in [0.15, 0.2) is 0 Å². The summed E-state index contributed by atoms with van der Waals surface area (Å²) < 4.78 is 0. The minimum Gasteiger partial charge on any atom is -0.324 e. The van der Waals surface area contributed by atoms with E-state index in [4.69, 9.17) is 11.6 Å². The van der Waals surface area contributed by atoms with Gasteiger partial charge in [-0.25, -0.2) is 4.79 Å². The lowest BCUT2D eigenvalue weighted by atomic mass is 9.95. The van der Waals surface area contributed by atoms with E-state index < -0.39 is 5.91 Å². The molecule has 0 aromatic carbocycles. The van der Waals surface area contributed by atoms with Crippen LogP contribution in [-0.4, -0.2) is 35.8 Å². The van der Waals surface area contributed by atoms with Crippen molar-refractivity contribution in [1.82, 2.24) is 10.2 Å². The van der Waals surface area contributed by atoms with Crippen LogP contribution in [-0.2, 0) is 4.79 Å². The number of nitrogens with zero attached hydrogens (tertiary/aromatic N) is 1. The highest BCUT2D eigenvalue weighted by atomic mass is 35.5. The van der Waals surface area contributed by atoms with Crippen LogP contribution in [0.1, 0.15) is 20.3 Å². The van der Waals surface area contributed by atoms with E-state index in [1.807, 2.05) is 0 Å². The van der Waals surface area contributed by atoms with Crippen LogP contribution < -0.4 is 5.32 Å². The number of halogens is 1. The SMILES string of the molecule is CC(C)C1CCN(C(=O)NC(=O)CCl)C1. The molecule has 15 heavy (non-hydrogen) atoms. The highest BCUT2D eigenvalue weighted by molar-refractivity contribution is 6.28. The van der Waals surface area contributed by atoms with Gasteiger partial charge in [-0.2, -0.15) is 0 Å². The number of hydrogen-bond donors (Lipinski definition) is 1. The number of rotatable bonds is 2. The molecular formula is C10H17ClN2O2. The van der Waals surface area contributed by atoms with E-state index in [2.05, 4.69) is 19.2 Å². The van der Waals surface area contributed by atoms with Crippen LogP contribution in [0.25, 0.3) is 0 Å². The van der Waals surface area contributed by atoms with Gasteiger partial charge >= 0.3 is 6.03 Å². The summed E-state index contributed by atoms with van der Waals surface area (Å²) in [6, 6.07) is -0.316. The number of hydrogen-bond acceptors (Lipinski definition) is 2. The van der Waals surface area contributed by atoms with E-state index in [0.717, 1.165) is 19.5 Å². The summed E-state index contributed by atoms with van der Waals surface area (Å²) in [4.78, 5) is 24.1. The van der Waals surface area contributed by atoms with E-state index in [-0.39, 0.29) is 11.9 Å². The first kappa shape index (κ1) is 12.3. The molecule has 4 nitrogen and oxygen atoms in total. The Morgan fingerprint density at radius 2 is 2.20 bits per heavy atom. The standard InChI is InChI=1S/C10H17ClN2O2/c1-7(2)8-3-4-13(6-8)10(15)12-9(14)5-11/h7-8H,3-6H2,1-2H3,(H,12,14,15). The van der Waals surface area contributed by atoms with Gasteiger partial charge in [0.25, 0.3) is 0 Å². The maximum absolute atomic E-state index is 11.5. The molecule has 0 bridgehead atoms. The normalized spacial score (nSPS) is 20.8. The van der Waals surface area contributed by atoms with Crippen molar-refractivity contribution in [3.05, 3.63) is 0 Å². The molecule has 0 aliphatic carbocycles. The first-order valence-electron chi connectivity index (χ1n) is 5.19. The molecule has 1 aliphatic rings. The Balaban J connectivity index is 2.40. The van der Waals surface area contributed by atoms with Crippen molar-refractivity contribution < 1.29 is 9.59 Å². The number of alkyl halides is 1. The molecular weight excluding hydrogens is 216 g/mol. The van der Waals surface area contributed by atoms with Crippen LogP contribution in [0.5, 0.6) is 0 Å². The number of carbonyl (C=O) groups excluding carboxylic acids is 2. The van der Waals surface area contributed by atoms with E-state index in [9.17, 15) is 9.59 Å². The van der Waals surface area contributed by atoms with Gasteiger partial charge in [0.05, 0.1) is 0 Å². The Bertz CT molecular complexity index is 256. The van der Waals surface area contributed by atoms with Crippen LogP contribution in [0.2, 0.25) is 0 Å². The minimum atomic E-state index is -0.435. The minimum absolute atomic E-state index is 0.173. The van der Waals surface area contributed by atoms with Crippen molar-refractivity contribution >= 4 is 23.5 Å². The molecule has 1 saturated heterocycles. The lowest BCUT2D eigenvalue weighted by molar-refractivity contribution is -0.117. The third kappa shape index (κ3) is 3.38. The Labute approximate surface area is 95.0 Å². The highest BCUT2D eigenvalue weighted by Gasteiger charge is 2.28. The summed E-state index contributed by atoms with van der Waals surface area (Å²) in [5, 5.41) is 2.25. The summed E-state index contributed by atoms with van der Waals surface area (Å²) in [5.41, 5.74) is 0. The van der Waals surface area contributed by atoms with Gasteiger partial charge in [0.2, 0.25) is 5.91 Å². The second-order valence-electron chi connectivity index (χ2n) is 4.23. The molecule has 0 spiro atoms. The lowest BCUT2D eigenvalue weighted by Crippen LogP contribution is -2.42. The third-order valence-electron chi connectivity index (χ3n) is 2.82. The van der Waals surface area contributed by atoms with Crippen molar-refractivity contribution in [1.29, 1.82) is 0 Å². The summed E-state index contributed by atoms with van der Waals surface area (Å²) in [7, 11) is 0. The topological polar surface area (TPSA) is 49.4 Å². The fraction of sp³-hybridized carbons (Fsp3) is 0.800. The van der Waals surface area contributed by atoms with E-state index >= 15 is 0 Å². The molecule has 0 saturated carbocycles. The fourth-order valence-corrected chi connectivity index (χ4v) is 1.81. The maximum atomic E-state index is 11.5. The van der Waals surface area contributed by atoms with Crippen LogP contribution in [0.4, 0.5) is 4.79 Å². The summed E-state index contributed by atoms with van der Waals surface area (Å²) in [6.45, 7) is 5.76. The molecule has 3 amide bonds. The summed E-state index contributed by atoms with van der Waals surface area (Å²) in [6.07, 6.45) is 1.01. The number of imide groups is 1. The van der Waals surface area contributed by atoms with Gasteiger partial charge in [0.15, 0.2) is 0 Å². The fourth-order valence-electron chi connectivity index (χ4n) is 1.75. The highest BCUT2D eigenvalue weighted by Crippen LogP contribution is 2.23. The van der Waals surface area contributed by atoms with Crippen molar-refractivity contribution in [3.8, 4) is 0 Å². The van der Waals surface area contributed by atoms with Gasteiger partial charge in [-0.15, -0.1) is 11.6 Å². The van der Waals surface area contributed by atoms with Crippen LogP contribution in [0.3, 0.4) is 0 Å². The zero-order valence-corrected chi connectivity index (χ0v) is 9.88. The smallest absolute Gasteiger partial charge is 0.324 e. The summed E-state index contributed by atoms with van der Waals surface area (Å²) >= 11 is 5.30. The Morgan fingerprint density at radius 3 is 2.67 bits per heavy atom.